The maximum Gasteiger partial charge on any atom is 0.257 e. The summed E-state index contributed by atoms with van der Waals surface area (Å²) in [6, 6.07) is 12.7. The summed E-state index contributed by atoms with van der Waals surface area (Å²) < 4.78 is 18.8. The van der Waals surface area contributed by atoms with Gasteiger partial charge in [0.1, 0.15) is 11.6 Å². The van der Waals surface area contributed by atoms with Crippen molar-refractivity contribution in [2.45, 2.75) is 11.8 Å². The minimum atomic E-state index is -0.605. The number of amides is 3. The number of para-hydroxylation sites is 1. The van der Waals surface area contributed by atoms with E-state index in [2.05, 4.69) is 16.2 Å². The Morgan fingerprint density at radius 1 is 1.00 bits per heavy atom. The summed E-state index contributed by atoms with van der Waals surface area (Å²) in [6.45, 7) is 1.87. The Bertz CT molecular complexity index is 847. The number of hydrazine groups is 1. The van der Waals surface area contributed by atoms with Gasteiger partial charge in [0.2, 0.25) is 5.91 Å². The first-order valence-corrected chi connectivity index (χ1v) is 9.45. The average Bonchev–Trinajstić information content (AvgIpc) is 2.70. The standard InChI is InChI=1S/C19H20FN3O4S/c1-2-27-15-9-5-3-7-13(15)19(26)21-11-17(24)22-23-18(25)12-28-16-10-6-4-8-14(16)20/h3-10H,2,11-12H2,1H3,(H,21,26)(H,22,24)(H,23,25). The number of nitrogens with one attached hydrogen (secondary N) is 3. The van der Waals surface area contributed by atoms with Crippen LogP contribution in [0.15, 0.2) is 53.4 Å². The van der Waals surface area contributed by atoms with Gasteiger partial charge in [0.15, 0.2) is 0 Å². The van der Waals surface area contributed by atoms with E-state index in [0.29, 0.717) is 22.8 Å². The number of hydrogen-bond acceptors (Lipinski definition) is 5. The lowest BCUT2D eigenvalue weighted by Gasteiger charge is -2.11. The molecule has 0 unspecified atom stereocenters. The van der Waals surface area contributed by atoms with Gasteiger partial charge >= 0.3 is 0 Å². The zero-order valence-electron chi connectivity index (χ0n) is 15.2. The second kappa shape index (κ2) is 10.9. The first kappa shape index (κ1) is 21.2. The van der Waals surface area contributed by atoms with Gasteiger partial charge in [-0.05, 0) is 31.2 Å². The van der Waals surface area contributed by atoms with Crippen LogP contribution in [-0.4, -0.2) is 36.6 Å². The Hall–Kier alpha value is -3.07. The summed E-state index contributed by atoms with van der Waals surface area (Å²) in [5, 5.41) is 2.45. The number of carbonyl (C=O) groups excluding carboxylic acids is 3. The van der Waals surface area contributed by atoms with Gasteiger partial charge < -0.3 is 10.1 Å². The minimum Gasteiger partial charge on any atom is -0.493 e. The number of carbonyl (C=O) groups is 3. The van der Waals surface area contributed by atoms with Crippen molar-refractivity contribution < 1.29 is 23.5 Å². The highest BCUT2D eigenvalue weighted by atomic mass is 32.2. The van der Waals surface area contributed by atoms with Crippen LogP contribution in [0.2, 0.25) is 0 Å². The molecule has 3 N–H and O–H groups in total. The van der Waals surface area contributed by atoms with Crippen LogP contribution in [0.1, 0.15) is 17.3 Å². The number of ether oxygens (including phenoxy) is 1. The zero-order valence-corrected chi connectivity index (χ0v) is 16.0. The van der Waals surface area contributed by atoms with Crippen LogP contribution in [-0.2, 0) is 9.59 Å². The van der Waals surface area contributed by atoms with Gasteiger partial charge in [-0.2, -0.15) is 0 Å². The number of rotatable bonds is 8. The van der Waals surface area contributed by atoms with Crippen LogP contribution in [0.4, 0.5) is 4.39 Å². The van der Waals surface area contributed by atoms with Gasteiger partial charge in [-0.15, -0.1) is 11.8 Å². The van der Waals surface area contributed by atoms with Crippen molar-refractivity contribution in [3.8, 4) is 5.75 Å². The van der Waals surface area contributed by atoms with Crippen molar-refractivity contribution in [3.63, 3.8) is 0 Å². The molecule has 0 aromatic heterocycles. The first-order valence-electron chi connectivity index (χ1n) is 8.46. The van der Waals surface area contributed by atoms with Crippen LogP contribution < -0.4 is 20.9 Å². The summed E-state index contributed by atoms with van der Waals surface area (Å²) >= 11 is 1.01. The lowest BCUT2D eigenvalue weighted by molar-refractivity contribution is -0.127. The molecule has 7 nitrogen and oxygen atoms in total. The molecule has 0 saturated carbocycles. The van der Waals surface area contributed by atoms with Gasteiger partial charge in [0.05, 0.1) is 24.5 Å². The molecule has 0 bridgehead atoms. The Balaban J connectivity index is 1.73. The highest BCUT2D eigenvalue weighted by Gasteiger charge is 2.13. The fourth-order valence-electron chi connectivity index (χ4n) is 2.12. The van der Waals surface area contributed by atoms with Crippen LogP contribution >= 0.6 is 11.8 Å². The summed E-state index contributed by atoms with van der Waals surface area (Å²) in [7, 11) is 0. The zero-order chi connectivity index (χ0) is 20.4. The summed E-state index contributed by atoms with van der Waals surface area (Å²) in [5.41, 5.74) is 4.71. The molecule has 2 rings (SSSR count). The van der Waals surface area contributed by atoms with E-state index in [9.17, 15) is 18.8 Å². The van der Waals surface area contributed by atoms with Crippen molar-refractivity contribution in [1.82, 2.24) is 16.2 Å². The van der Waals surface area contributed by atoms with Crippen LogP contribution in [0.5, 0.6) is 5.75 Å². The predicted octanol–water partition coefficient (Wildman–Crippen LogP) is 1.89. The molecule has 0 atom stereocenters. The largest absolute Gasteiger partial charge is 0.493 e. The third-order valence-corrected chi connectivity index (χ3v) is 4.43. The second-order valence-corrected chi connectivity index (χ2v) is 6.44. The number of benzene rings is 2. The molecule has 3 amide bonds. The van der Waals surface area contributed by atoms with Crippen LogP contribution in [0, 0.1) is 5.82 Å². The fraction of sp³-hybridized carbons (Fsp3) is 0.211. The van der Waals surface area contributed by atoms with E-state index in [1.807, 2.05) is 0 Å². The normalized spacial score (nSPS) is 10.1. The number of thioether (sulfide) groups is 1. The van der Waals surface area contributed by atoms with E-state index >= 15 is 0 Å². The maximum absolute atomic E-state index is 13.5. The first-order chi connectivity index (χ1) is 13.5. The number of hydrogen-bond donors (Lipinski definition) is 3. The van der Waals surface area contributed by atoms with Crippen molar-refractivity contribution in [2.24, 2.45) is 0 Å². The van der Waals surface area contributed by atoms with Crippen molar-refractivity contribution in [2.75, 3.05) is 18.9 Å². The van der Waals surface area contributed by atoms with Gasteiger partial charge in [0.25, 0.3) is 11.8 Å². The van der Waals surface area contributed by atoms with Gasteiger partial charge in [0, 0.05) is 4.90 Å². The molecule has 0 fully saturated rings. The Morgan fingerprint density at radius 3 is 2.43 bits per heavy atom. The molecule has 0 aliphatic rings. The molecule has 0 spiro atoms. The molecule has 0 aliphatic carbocycles. The third kappa shape index (κ3) is 6.58. The van der Waals surface area contributed by atoms with E-state index < -0.39 is 23.5 Å². The molecule has 28 heavy (non-hydrogen) atoms. The molecule has 0 radical (unpaired) electrons. The minimum absolute atomic E-state index is 0.0741. The van der Waals surface area contributed by atoms with E-state index in [1.165, 1.54) is 6.07 Å². The number of halogens is 1. The van der Waals surface area contributed by atoms with Gasteiger partial charge in [-0.1, -0.05) is 24.3 Å². The molecular formula is C19H20FN3O4S. The van der Waals surface area contributed by atoms with Crippen molar-refractivity contribution in [3.05, 3.63) is 59.9 Å². The highest BCUT2D eigenvalue weighted by Crippen LogP contribution is 2.20. The van der Waals surface area contributed by atoms with Gasteiger partial charge in [-0.3, -0.25) is 25.2 Å². The third-order valence-electron chi connectivity index (χ3n) is 3.38. The molecule has 9 heteroatoms. The summed E-state index contributed by atoms with van der Waals surface area (Å²) in [6.07, 6.45) is 0. The molecule has 0 saturated heterocycles. The van der Waals surface area contributed by atoms with E-state index in [-0.39, 0.29) is 12.3 Å². The predicted molar refractivity (Wildman–Crippen MR) is 103 cm³/mol. The monoisotopic (exact) mass is 405 g/mol. The summed E-state index contributed by atoms with van der Waals surface area (Å²) in [5.74, 6) is -1.66. The molecule has 0 heterocycles. The van der Waals surface area contributed by atoms with Crippen LogP contribution in [0.25, 0.3) is 0 Å². The van der Waals surface area contributed by atoms with E-state index in [1.54, 1.807) is 49.4 Å². The molecule has 2 aromatic rings. The van der Waals surface area contributed by atoms with Gasteiger partial charge in [-0.25, -0.2) is 4.39 Å². The summed E-state index contributed by atoms with van der Waals surface area (Å²) in [4.78, 5) is 36.0. The van der Waals surface area contributed by atoms with E-state index in [4.69, 9.17) is 4.74 Å². The Morgan fingerprint density at radius 2 is 1.68 bits per heavy atom. The quantitative estimate of drug-likeness (QED) is 0.460. The molecule has 148 valence electrons. The topological polar surface area (TPSA) is 96.5 Å². The SMILES string of the molecule is CCOc1ccccc1C(=O)NCC(=O)NNC(=O)CSc1ccccc1F. The smallest absolute Gasteiger partial charge is 0.257 e. The maximum atomic E-state index is 13.5. The second-order valence-electron chi connectivity index (χ2n) is 5.43. The fourth-order valence-corrected chi connectivity index (χ4v) is 2.86. The lowest BCUT2D eigenvalue weighted by Crippen LogP contribution is -2.47. The molecule has 2 aromatic carbocycles. The lowest BCUT2D eigenvalue weighted by atomic mass is 10.2. The average molecular weight is 405 g/mol. The van der Waals surface area contributed by atoms with Crippen molar-refractivity contribution >= 4 is 29.5 Å². The molecular weight excluding hydrogens is 385 g/mol. The highest BCUT2D eigenvalue weighted by molar-refractivity contribution is 8.00. The van der Waals surface area contributed by atoms with E-state index in [0.717, 1.165) is 11.8 Å². The Kier molecular flexibility index (Phi) is 8.29. The van der Waals surface area contributed by atoms with Crippen molar-refractivity contribution in [1.29, 1.82) is 0 Å². The van der Waals surface area contributed by atoms with Crippen LogP contribution in [0.3, 0.4) is 0 Å². The Labute approximate surface area is 166 Å². The molecule has 0 aliphatic heterocycles.